The molecule has 3 aromatic rings. The van der Waals surface area contributed by atoms with Gasteiger partial charge in [0.2, 0.25) is 0 Å². The summed E-state index contributed by atoms with van der Waals surface area (Å²) < 4.78 is 5.81. The molecule has 0 atom stereocenters. The first-order valence-corrected chi connectivity index (χ1v) is 10.1. The Morgan fingerprint density at radius 3 is 2.56 bits per heavy atom. The highest BCUT2D eigenvalue weighted by Gasteiger charge is 2.16. The molecule has 0 N–H and O–H groups in total. The SMILES string of the molecule is CCN(CC)C(=O)c1csc(-c2ccc(OCc3cccc(Cl)c3)cc2)n1. The molecular weight excluding hydrogens is 380 g/mol. The monoisotopic (exact) mass is 400 g/mol. The highest BCUT2D eigenvalue weighted by molar-refractivity contribution is 7.13. The summed E-state index contributed by atoms with van der Waals surface area (Å²) in [6, 6.07) is 15.3. The molecule has 0 saturated carbocycles. The van der Waals surface area contributed by atoms with Gasteiger partial charge in [0.1, 0.15) is 23.1 Å². The number of ether oxygens (including phenoxy) is 1. The molecule has 140 valence electrons. The number of halogens is 1. The number of amides is 1. The second-order valence-electron chi connectivity index (χ2n) is 5.96. The van der Waals surface area contributed by atoms with Gasteiger partial charge in [-0.15, -0.1) is 11.3 Å². The number of benzene rings is 2. The maximum Gasteiger partial charge on any atom is 0.273 e. The molecule has 0 aliphatic rings. The van der Waals surface area contributed by atoms with Gasteiger partial charge in [0, 0.05) is 29.1 Å². The minimum Gasteiger partial charge on any atom is -0.489 e. The Hall–Kier alpha value is -2.37. The Morgan fingerprint density at radius 2 is 1.89 bits per heavy atom. The van der Waals surface area contributed by atoms with E-state index in [9.17, 15) is 4.79 Å². The van der Waals surface area contributed by atoms with Crippen LogP contribution in [0.2, 0.25) is 5.02 Å². The molecule has 0 aliphatic heterocycles. The standard InChI is InChI=1S/C21H21ClN2O2S/c1-3-24(4-2)21(25)19-14-27-20(23-19)16-8-10-18(11-9-16)26-13-15-6-5-7-17(22)12-15/h5-12,14H,3-4,13H2,1-2H3. The number of thiazole rings is 1. The molecule has 0 saturated heterocycles. The lowest BCUT2D eigenvalue weighted by atomic mass is 10.2. The fraction of sp³-hybridized carbons (Fsp3) is 0.238. The molecule has 0 spiro atoms. The minimum atomic E-state index is -0.0241. The van der Waals surface area contributed by atoms with Crippen molar-refractivity contribution < 1.29 is 9.53 Å². The summed E-state index contributed by atoms with van der Waals surface area (Å²) in [6.45, 7) is 5.76. The van der Waals surface area contributed by atoms with E-state index in [4.69, 9.17) is 16.3 Å². The molecule has 0 unspecified atom stereocenters. The van der Waals surface area contributed by atoms with Crippen molar-refractivity contribution in [1.82, 2.24) is 9.88 Å². The lowest BCUT2D eigenvalue weighted by molar-refractivity contribution is 0.0768. The second kappa shape index (κ2) is 9.02. The zero-order valence-electron chi connectivity index (χ0n) is 15.3. The lowest BCUT2D eigenvalue weighted by Crippen LogP contribution is -2.30. The largest absolute Gasteiger partial charge is 0.489 e. The molecule has 0 radical (unpaired) electrons. The quantitative estimate of drug-likeness (QED) is 0.524. The van der Waals surface area contributed by atoms with Crippen molar-refractivity contribution in [3.8, 4) is 16.3 Å². The molecule has 1 aromatic heterocycles. The van der Waals surface area contributed by atoms with E-state index < -0.39 is 0 Å². The van der Waals surface area contributed by atoms with Crippen LogP contribution in [0.4, 0.5) is 0 Å². The fourth-order valence-electron chi connectivity index (χ4n) is 2.66. The summed E-state index contributed by atoms with van der Waals surface area (Å²) in [7, 11) is 0. The number of carbonyl (C=O) groups excluding carboxylic acids is 1. The minimum absolute atomic E-state index is 0.0241. The van der Waals surface area contributed by atoms with Crippen LogP contribution in [0.5, 0.6) is 5.75 Å². The predicted octanol–water partition coefficient (Wildman–Crippen LogP) is 5.52. The van der Waals surface area contributed by atoms with Gasteiger partial charge < -0.3 is 9.64 Å². The van der Waals surface area contributed by atoms with Crippen LogP contribution in [-0.2, 0) is 6.61 Å². The molecule has 0 aliphatic carbocycles. The third-order valence-electron chi connectivity index (χ3n) is 4.17. The van der Waals surface area contributed by atoms with Crippen molar-refractivity contribution >= 4 is 28.8 Å². The van der Waals surface area contributed by atoms with Gasteiger partial charge in [-0.05, 0) is 55.8 Å². The van der Waals surface area contributed by atoms with Gasteiger partial charge >= 0.3 is 0 Å². The van der Waals surface area contributed by atoms with E-state index in [1.54, 1.807) is 4.90 Å². The first-order chi connectivity index (χ1) is 13.1. The Morgan fingerprint density at radius 1 is 1.15 bits per heavy atom. The molecule has 3 rings (SSSR count). The summed E-state index contributed by atoms with van der Waals surface area (Å²) in [5.74, 6) is 0.749. The predicted molar refractivity (Wildman–Crippen MR) is 111 cm³/mol. The first kappa shape index (κ1) is 19.4. The van der Waals surface area contributed by atoms with Crippen molar-refractivity contribution in [2.45, 2.75) is 20.5 Å². The topological polar surface area (TPSA) is 42.4 Å². The number of hydrogen-bond donors (Lipinski definition) is 0. The molecule has 2 aromatic carbocycles. The Balaban J connectivity index is 1.66. The normalized spacial score (nSPS) is 10.6. The highest BCUT2D eigenvalue weighted by Crippen LogP contribution is 2.26. The number of hydrogen-bond acceptors (Lipinski definition) is 4. The Bertz CT molecular complexity index is 905. The maximum atomic E-state index is 12.4. The van der Waals surface area contributed by atoms with Crippen LogP contribution >= 0.6 is 22.9 Å². The molecular formula is C21H21ClN2O2S. The summed E-state index contributed by atoms with van der Waals surface area (Å²) in [5, 5.41) is 3.34. The average molecular weight is 401 g/mol. The third-order valence-corrected chi connectivity index (χ3v) is 5.30. The van der Waals surface area contributed by atoms with E-state index in [-0.39, 0.29) is 5.91 Å². The average Bonchev–Trinajstić information content (AvgIpc) is 3.18. The van der Waals surface area contributed by atoms with Crippen molar-refractivity contribution in [2.75, 3.05) is 13.1 Å². The van der Waals surface area contributed by atoms with Gasteiger partial charge in [-0.25, -0.2) is 4.98 Å². The van der Waals surface area contributed by atoms with Crippen LogP contribution < -0.4 is 4.74 Å². The third kappa shape index (κ3) is 4.87. The van der Waals surface area contributed by atoms with Crippen LogP contribution in [0.15, 0.2) is 53.9 Å². The van der Waals surface area contributed by atoms with E-state index >= 15 is 0 Å². The van der Waals surface area contributed by atoms with Crippen molar-refractivity contribution in [3.05, 3.63) is 70.2 Å². The van der Waals surface area contributed by atoms with Crippen LogP contribution in [0.25, 0.3) is 10.6 Å². The van der Waals surface area contributed by atoms with Crippen molar-refractivity contribution in [1.29, 1.82) is 0 Å². The van der Waals surface area contributed by atoms with Gasteiger partial charge in [0.15, 0.2) is 0 Å². The summed E-state index contributed by atoms with van der Waals surface area (Å²) in [6.07, 6.45) is 0. The first-order valence-electron chi connectivity index (χ1n) is 8.83. The zero-order valence-corrected chi connectivity index (χ0v) is 16.9. The van der Waals surface area contributed by atoms with Gasteiger partial charge in [0.25, 0.3) is 5.91 Å². The van der Waals surface area contributed by atoms with Gasteiger partial charge in [0.05, 0.1) is 0 Å². The molecule has 4 nitrogen and oxygen atoms in total. The van der Waals surface area contributed by atoms with Gasteiger partial charge in [-0.2, -0.15) is 0 Å². The number of rotatable bonds is 7. The molecule has 6 heteroatoms. The van der Waals surface area contributed by atoms with Crippen LogP contribution in [0.3, 0.4) is 0 Å². The molecule has 0 bridgehead atoms. The fourth-order valence-corrected chi connectivity index (χ4v) is 3.68. The van der Waals surface area contributed by atoms with Crippen LogP contribution in [-0.4, -0.2) is 28.9 Å². The van der Waals surface area contributed by atoms with Crippen LogP contribution in [0, 0.1) is 0 Å². The highest BCUT2D eigenvalue weighted by atomic mass is 35.5. The number of nitrogens with zero attached hydrogens (tertiary/aromatic N) is 2. The van der Waals surface area contributed by atoms with Crippen LogP contribution in [0.1, 0.15) is 29.9 Å². The van der Waals surface area contributed by atoms with Gasteiger partial charge in [-0.3, -0.25) is 4.79 Å². The molecule has 1 heterocycles. The molecule has 27 heavy (non-hydrogen) atoms. The Kier molecular flexibility index (Phi) is 6.48. The second-order valence-corrected chi connectivity index (χ2v) is 7.25. The smallest absolute Gasteiger partial charge is 0.273 e. The maximum absolute atomic E-state index is 12.4. The summed E-state index contributed by atoms with van der Waals surface area (Å²) in [5.41, 5.74) is 2.49. The molecule has 0 fully saturated rings. The lowest BCUT2D eigenvalue weighted by Gasteiger charge is -2.16. The number of carbonyl (C=O) groups is 1. The van der Waals surface area contributed by atoms with E-state index in [2.05, 4.69) is 4.98 Å². The van der Waals surface area contributed by atoms with Gasteiger partial charge in [-0.1, -0.05) is 23.7 Å². The van der Waals surface area contributed by atoms with E-state index in [1.807, 2.05) is 67.8 Å². The van der Waals surface area contributed by atoms with E-state index in [1.165, 1.54) is 11.3 Å². The summed E-state index contributed by atoms with van der Waals surface area (Å²) in [4.78, 5) is 18.7. The van der Waals surface area contributed by atoms with Crippen molar-refractivity contribution in [3.63, 3.8) is 0 Å². The van der Waals surface area contributed by atoms with E-state index in [0.717, 1.165) is 21.9 Å². The number of aromatic nitrogens is 1. The molecule has 1 amide bonds. The zero-order chi connectivity index (χ0) is 19.2. The summed E-state index contributed by atoms with van der Waals surface area (Å²) >= 11 is 7.46. The van der Waals surface area contributed by atoms with Crippen molar-refractivity contribution in [2.24, 2.45) is 0 Å². The van der Waals surface area contributed by atoms with E-state index in [0.29, 0.717) is 30.4 Å². The Labute approximate surface area is 168 Å².